The Labute approximate surface area is 201 Å². The molecule has 0 aliphatic rings. The first-order valence-corrected chi connectivity index (χ1v) is 11.4. The first-order chi connectivity index (χ1) is 14.0. The van der Waals surface area contributed by atoms with Gasteiger partial charge in [0.15, 0.2) is 5.69 Å². The third-order valence-corrected chi connectivity index (χ3v) is 7.63. The van der Waals surface area contributed by atoms with Crippen LogP contribution in [-0.2, 0) is 20.0 Å². The van der Waals surface area contributed by atoms with Crippen LogP contribution >= 0.6 is 0 Å². The standard InChI is InChI=1S/C18H18N4O6S2.Na/c1-12-4-8-14(9-5-12)29(25,26)21(3)17(23)16-18(24)22(20-19-16)30(27,28)15-10-6-13(2)7-11-15;/h4-11,24H,1-3H3;/q;+1/p-1. The Balaban J connectivity index is 0.00000341. The molecule has 0 aliphatic carbocycles. The zero-order chi connectivity index (χ0) is 22.3. The summed E-state index contributed by atoms with van der Waals surface area (Å²) in [7, 11) is -7.74. The van der Waals surface area contributed by atoms with Gasteiger partial charge < -0.3 is 5.11 Å². The average Bonchev–Trinajstić information content (AvgIpc) is 3.09. The van der Waals surface area contributed by atoms with Crippen molar-refractivity contribution < 1.29 is 56.3 Å². The van der Waals surface area contributed by atoms with Crippen molar-refractivity contribution in [2.24, 2.45) is 0 Å². The van der Waals surface area contributed by atoms with E-state index >= 15 is 0 Å². The number of aromatic nitrogens is 3. The summed E-state index contributed by atoms with van der Waals surface area (Å²) in [5.41, 5.74) is 0.687. The van der Waals surface area contributed by atoms with Crippen LogP contribution in [0, 0.1) is 13.8 Å². The van der Waals surface area contributed by atoms with Crippen molar-refractivity contribution in [2.75, 3.05) is 7.05 Å². The minimum Gasteiger partial charge on any atom is -0.856 e. The minimum absolute atomic E-state index is 0. The van der Waals surface area contributed by atoms with Gasteiger partial charge in [-0.2, -0.15) is 8.42 Å². The number of carbonyl (C=O) groups is 1. The summed E-state index contributed by atoms with van der Waals surface area (Å²) in [5, 5.41) is 19.1. The zero-order valence-electron chi connectivity index (χ0n) is 17.2. The van der Waals surface area contributed by atoms with Gasteiger partial charge in [-0.3, -0.25) is 4.79 Å². The van der Waals surface area contributed by atoms with Gasteiger partial charge in [0, 0.05) is 12.9 Å². The molecule has 1 aromatic heterocycles. The molecular formula is C18H17N4NaO6S2. The molecule has 0 spiro atoms. The molecule has 1 heterocycles. The number of benzene rings is 2. The predicted molar refractivity (Wildman–Crippen MR) is 104 cm³/mol. The van der Waals surface area contributed by atoms with Crippen LogP contribution in [0.25, 0.3) is 0 Å². The average molecular weight is 472 g/mol. The summed E-state index contributed by atoms with van der Waals surface area (Å²) in [6.07, 6.45) is 0. The summed E-state index contributed by atoms with van der Waals surface area (Å²) in [6, 6.07) is 11.3. The van der Waals surface area contributed by atoms with Gasteiger partial charge in [0.1, 0.15) is 0 Å². The van der Waals surface area contributed by atoms with Crippen LogP contribution in [0.15, 0.2) is 58.3 Å². The second kappa shape index (κ2) is 9.09. The van der Waals surface area contributed by atoms with Gasteiger partial charge in [-0.1, -0.05) is 40.6 Å². The summed E-state index contributed by atoms with van der Waals surface area (Å²) in [6.45, 7) is 3.52. The van der Waals surface area contributed by atoms with Gasteiger partial charge in [-0.25, -0.2) is 12.7 Å². The van der Waals surface area contributed by atoms with Gasteiger partial charge >= 0.3 is 29.6 Å². The Morgan fingerprint density at radius 3 is 1.84 bits per heavy atom. The molecule has 10 nitrogen and oxygen atoms in total. The molecular weight excluding hydrogens is 455 g/mol. The van der Waals surface area contributed by atoms with E-state index in [2.05, 4.69) is 10.3 Å². The maximum Gasteiger partial charge on any atom is 1.00 e. The summed E-state index contributed by atoms with van der Waals surface area (Å²) in [4.78, 5) is 12.2. The minimum atomic E-state index is -4.41. The van der Waals surface area contributed by atoms with E-state index in [1.807, 2.05) is 0 Å². The fraction of sp³-hybridized carbons (Fsp3) is 0.167. The van der Waals surface area contributed by atoms with Crippen LogP contribution in [0.3, 0.4) is 0 Å². The number of nitrogens with zero attached hydrogens (tertiary/aromatic N) is 4. The third kappa shape index (κ3) is 4.67. The van der Waals surface area contributed by atoms with E-state index in [9.17, 15) is 26.7 Å². The molecule has 0 saturated heterocycles. The molecule has 3 rings (SSSR count). The summed E-state index contributed by atoms with van der Waals surface area (Å²) >= 11 is 0. The van der Waals surface area contributed by atoms with Gasteiger partial charge in [0.25, 0.3) is 26.0 Å². The molecule has 0 atom stereocenters. The molecule has 0 N–H and O–H groups in total. The number of amides is 1. The van der Waals surface area contributed by atoms with Crippen LogP contribution in [0.5, 0.6) is 5.88 Å². The molecule has 31 heavy (non-hydrogen) atoms. The maximum absolute atomic E-state index is 12.7. The van der Waals surface area contributed by atoms with Crippen LogP contribution in [0.4, 0.5) is 0 Å². The normalized spacial score (nSPS) is 11.6. The van der Waals surface area contributed by atoms with E-state index in [0.29, 0.717) is 4.31 Å². The van der Waals surface area contributed by atoms with E-state index in [4.69, 9.17) is 0 Å². The van der Waals surface area contributed by atoms with Crippen molar-refractivity contribution in [1.82, 2.24) is 18.7 Å². The van der Waals surface area contributed by atoms with Gasteiger partial charge in [0.2, 0.25) is 0 Å². The van der Waals surface area contributed by atoms with Crippen molar-refractivity contribution in [3.63, 3.8) is 0 Å². The molecule has 0 saturated carbocycles. The molecule has 158 valence electrons. The first kappa shape index (κ1) is 25.0. The molecule has 1 amide bonds. The molecule has 0 aliphatic heterocycles. The third-order valence-electron chi connectivity index (χ3n) is 4.32. The second-order valence-corrected chi connectivity index (χ2v) is 10.2. The van der Waals surface area contributed by atoms with Gasteiger partial charge in [-0.05, 0) is 38.1 Å². The number of sulfonamides is 1. The van der Waals surface area contributed by atoms with Crippen LogP contribution in [0.2, 0.25) is 0 Å². The van der Waals surface area contributed by atoms with Gasteiger partial charge in [0.05, 0.1) is 9.79 Å². The number of hydrogen-bond donors (Lipinski definition) is 0. The monoisotopic (exact) mass is 472 g/mol. The fourth-order valence-corrected chi connectivity index (χ4v) is 4.71. The number of rotatable bonds is 5. The van der Waals surface area contributed by atoms with Crippen LogP contribution < -0.4 is 34.7 Å². The maximum atomic E-state index is 12.7. The van der Waals surface area contributed by atoms with E-state index in [0.717, 1.165) is 18.2 Å². The molecule has 0 bridgehead atoms. The van der Waals surface area contributed by atoms with E-state index in [-0.39, 0.29) is 43.4 Å². The Hall–Kier alpha value is -2.25. The zero-order valence-corrected chi connectivity index (χ0v) is 20.8. The predicted octanol–water partition coefficient (Wildman–Crippen LogP) is -2.33. The topological polar surface area (TPSA) is 142 Å². The van der Waals surface area contributed by atoms with Gasteiger partial charge in [-0.15, -0.1) is 9.19 Å². The van der Waals surface area contributed by atoms with Crippen molar-refractivity contribution in [3.05, 3.63) is 65.4 Å². The number of aryl methyl sites for hydroxylation is 2. The quantitative estimate of drug-likeness (QED) is 0.377. The van der Waals surface area contributed by atoms with E-state index in [1.165, 1.54) is 36.4 Å². The molecule has 3 aromatic rings. The summed E-state index contributed by atoms with van der Waals surface area (Å²) in [5.74, 6) is -2.64. The van der Waals surface area contributed by atoms with Crippen molar-refractivity contribution in [1.29, 1.82) is 0 Å². The Morgan fingerprint density at radius 2 is 1.35 bits per heavy atom. The van der Waals surface area contributed by atoms with Crippen LogP contribution in [-0.4, -0.2) is 48.5 Å². The smallest absolute Gasteiger partial charge is 0.856 e. The summed E-state index contributed by atoms with van der Waals surface area (Å²) < 4.78 is 51.0. The van der Waals surface area contributed by atoms with E-state index < -0.39 is 37.5 Å². The number of carbonyl (C=O) groups excluding carboxylic acids is 1. The van der Waals surface area contributed by atoms with Crippen LogP contribution in [0.1, 0.15) is 21.6 Å². The van der Waals surface area contributed by atoms with Crippen molar-refractivity contribution in [3.8, 4) is 5.88 Å². The molecule has 0 fully saturated rings. The first-order valence-electron chi connectivity index (χ1n) is 8.51. The Bertz CT molecular complexity index is 1320. The molecule has 13 heteroatoms. The SMILES string of the molecule is Cc1ccc(S(=O)(=O)N(C)C(=O)c2nnn(S(=O)(=O)c3ccc(C)cc3)c2[O-])cc1.[Na+]. The second-order valence-electron chi connectivity index (χ2n) is 6.49. The Kier molecular flexibility index (Phi) is 7.33. The van der Waals surface area contributed by atoms with Crippen molar-refractivity contribution >= 4 is 26.0 Å². The van der Waals surface area contributed by atoms with Crippen molar-refractivity contribution in [2.45, 2.75) is 23.6 Å². The molecule has 2 aromatic carbocycles. The molecule has 0 radical (unpaired) electrons. The number of hydrogen-bond acceptors (Lipinski definition) is 8. The Morgan fingerprint density at radius 1 is 0.903 bits per heavy atom. The molecule has 0 unspecified atom stereocenters. The van der Waals surface area contributed by atoms with E-state index in [1.54, 1.807) is 26.0 Å². The fourth-order valence-electron chi connectivity index (χ4n) is 2.49. The largest absolute Gasteiger partial charge is 1.00 e.